The summed E-state index contributed by atoms with van der Waals surface area (Å²) < 4.78 is 28.2. The van der Waals surface area contributed by atoms with Gasteiger partial charge in [0.25, 0.3) is 10.0 Å². The van der Waals surface area contributed by atoms with Gasteiger partial charge in [0.05, 0.1) is 16.6 Å². The van der Waals surface area contributed by atoms with E-state index in [9.17, 15) is 18.3 Å². The smallest absolute Gasteiger partial charge is 0.262 e. The minimum atomic E-state index is -3.92. The van der Waals surface area contributed by atoms with E-state index in [0.29, 0.717) is 16.8 Å². The second-order valence-electron chi connectivity index (χ2n) is 6.08. The number of carbonyl (C=O) groups is 1. The Balaban J connectivity index is 2.59. The lowest BCUT2D eigenvalue weighted by atomic mass is 10.1. The summed E-state index contributed by atoms with van der Waals surface area (Å²) in [7, 11) is -3.92. The van der Waals surface area contributed by atoms with E-state index in [4.69, 9.17) is 0 Å². The van der Waals surface area contributed by atoms with Crippen molar-refractivity contribution in [3.63, 3.8) is 0 Å². The van der Waals surface area contributed by atoms with Gasteiger partial charge >= 0.3 is 0 Å². The molecule has 6 heteroatoms. The maximum Gasteiger partial charge on any atom is 0.262 e. The molecular formula is C18H20NO4S-. The van der Waals surface area contributed by atoms with E-state index in [-0.39, 0.29) is 10.5 Å². The van der Waals surface area contributed by atoms with Crippen LogP contribution in [0.1, 0.15) is 38.2 Å². The van der Waals surface area contributed by atoms with Crippen LogP contribution in [0.2, 0.25) is 0 Å². The Kier molecular flexibility index (Phi) is 4.71. The number of carbonyl (C=O) groups excluding carboxylic acids is 1. The van der Waals surface area contributed by atoms with Crippen molar-refractivity contribution in [1.29, 1.82) is 0 Å². The molecule has 0 saturated heterocycles. The zero-order valence-corrected chi connectivity index (χ0v) is 15.2. The Morgan fingerprint density at radius 2 is 1.46 bits per heavy atom. The van der Waals surface area contributed by atoms with E-state index < -0.39 is 16.0 Å². The van der Waals surface area contributed by atoms with Crippen molar-refractivity contribution < 1.29 is 18.3 Å². The molecule has 0 aromatic heterocycles. The maximum atomic E-state index is 12.8. The Morgan fingerprint density at radius 3 is 1.96 bits per heavy atom. The molecule has 0 bridgehead atoms. The molecule has 0 spiro atoms. The number of anilines is 1. The van der Waals surface area contributed by atoms with Crippen LogP contribution in [0.4, 0.5) is 5.69 Å². The summed E-state index contributed by atoms with van der Waals surface area (Å²) in [5.41, 5.74) is 4.10. The van der Waals surface area contributed by atoms with Gasteiger partial charge in [0, 0.05) is 0 Å². The Hall–Kier alpha value is -2.34. The highest BCUT2D eigenvalue weighted by molar-refractivity contribution is 7.92. The van der Waals surface area contributed by atoms with Gasteiger partial charge in [0.15, 0.2) is 0 Å². The zero-order chi connectivity index (χ0) is 18.2. The molecule has 2 rings (SSSR count). The SMILES string of the molecule is Cc1cc(C)c(NS(=O)(=O)c2cc(C(=O)[O-])cc(C)c2C)c(C)c1. The third-order valence-electron chi connectivity index (χ3n) is 4.06. The Morgan fingerprint density at radius 1 is 0.917 bits per heavy atom. The van der Waals surface area contributed by atoms with Crippen LogP contribution in [0.25, 0.3) is 0 Å². The van der Waals surface area contributed by atoms with Crippen LogP contribution < -0.4 is 9.83 Å². The molecular weight excluding hydrogens is 326 g/mol. The molecule has 24 heavy (non-hydrogen) atoms. The quantitative estimate of drug-likeness (QED) is 0.921. The molecule has 128 valence electrons. The van der Waals surface area contributed by atoms with Gasteiger partial charge in [-0.3, -0.25) is 4.72 Å². The molecule has 5 nitrogen and oxygen atoms in total. The first-order valence-electron chi connectivity index (χ1n) is 7.46. The van der Waals surface area contributed by atoms with Crippen LogP contribution in [0.15, 0.2) is 29.2 Å². The normalized spacial score (nSPS) is 11.4. The van der Waals surface area contributed by atoms with E-state index in [2.05, 4.69) is 4.72 Å². The molecule has 0 amide bonds. The number of rotatable bonds is 4. The van der Waals surface area contributed by atoms with Crippen LogP contribution in [0.3, 0.4) is 0 Å². The minimum absolute atomic E-state index is 0.0546. The van der Waals surface area contributed by atoms with E-state index in [0.717, 1.165) is 22.8 Å². The lowest BCUT2D eigenvalue weighted by molar-refractivity contribution is -0.255. The van der Waals surface area contributed by atoms with Gasteiger partial charge in [-0.15, -0.1) is 0 Å². The Bertz CT molecular complexity index is 907. The van der Waals surface area contributed by atoms with E-state index in [1.54, 1.807) is 13.8 Å². The zero-order valence-electron chi connectivity index (χ0n) is 14.4. The number of sulfonamides is 1. The van der Waals surface area contributed by atoms with Gasteiger partial charge in [-0.05, 0) is 74.6 Å². The molecule has 2 aromatic carbocycles. The number of hydrogen-bond acceptors (Lipinski definition) is 4. The number of nitrogens with one attached hydrogen (secondary N) is 1. The second-order valence-corrected chi connectivity index (χ2v) is 7.73. The van der Waals surface area contributed by atoms with Crippen LogP contribution in [-0.4, -0.2) is 14.4 Å². The fraction of sp³-hybridized carbons (Fsp3) is 0.278. The van der Waals surface area contributed by atoms with Crippen molar-refractivity contribution in [1.82, 2.24) is 0 Å². The van der Waals surface area contributed by atoms with Crippen molar-refractivity contribution in [2.24, 2.45) is 0 Å². The maximum absolute atomic E-state index is 12.8. The van der Waals surface area contributed by atoms with Crippen LogP contribution in [0, 0.1) is 34.6 Å². The predicted molar refractivity (Wildman–Crippen MR) is 91.7 cm³/mol. The molecule has 0 aliphatic heterocycles. The van der Waals surface area contributed by atoms with Crippen LogP contribution in [-0.2, 0) is 10.0 Å². The summed E-state index contributed by atoms with van der Waals surface area (Å²) in [6, 6.07) is 6.33. The summed E-state index contributed by atoms with van der Waals surface area (Å²) in [5, 5.41) is 11.1. The summed E-state index contributed by atoms with van der Waals surface area (Å²) in [4.78, 5) is 11.1. The monoisotopic (exact) mass is 346 g/mol. The van der Waals surface area contributed by atoms with Gasteiger partial charge in [-0.1, -0.05) is 17.7 Å². The summed E-state index contributed by atoms with van der Waals surface area (Å²) in [6.45, 7) is 8.91. The third kappa shape index (κ3) is 3.43. The number of carboxylic acid groups (broad SMARTS) is 1. The fourth-order valence-corrected chi connectivity index (χ4v) is 4.30. The lowest BCUT2D eigenvalue weighted by Crippen LogP contribution is -2.24. The number of aromatic carboxylic acids is 1. The van der Waals surface area contributed by atoms with Crippen LogP contribution >= 0.6 is 0 Å². The van der Waals surface area contributed by atoms with E-state index in [1.807, 2.05) is 32.9 Å². The molecule has 2 aromatic rings. The van der Waals surface area contributed by atoms with Gasteiger partial charge in [-0.25, -0.2) is 8.42 Å². The summed E-state index contributed by atoms with van der Waals surface area (Å²) in [5.74, 6) is -1.41. The number of hydrogen-bond donors (Lipinski definition) is 1. The Labute approximate surface area is 142 Å². The topological polar surface area (TPSA) is 86.3 Å². The summed E-state index contributed by atoms with van der Waals surface area (Å²) in [6.07, 6.45) is 0. The molecule has 0 aliphatic carbocycles. The molecule has 0 unspecified atom stereocenters. The molecule has 0 saturated carbocycles. The van der Waals surface area contributed by atoms with Crippen LogP contribution in [0.5, 0.6) is 0 Å². The lowest BCUT2D eigenvalue weighted by Gasteiger charge is -2.17. The largest absolute Gasteiger partial charge is 0.545 e. The number of benzene rings is 2. The number of carboxylic acids is 1. The van der Waals surface area contributed by atoms with Gasteiger partial charge in [-0.2, -0.15) is 0 Å². The first-order chi connectivity index (χ1) is 11.0. The van der Waals surface area contributed by atoms with E-state index in [1.165, 1.54) is 6.07 Å². The van der Waals surface area contributed by atoms with Crippen molar-refractivity contribution in [3.05, 3.63) is 57.6 Å². The average Bonchev–Trinajstić information content (AvgIpc) is 2.45. The molecule has 1 N–H and O–H groups in total. The molecule has 0 radical (unpaired) electrons. The van der Waals surface area contributed by atoms with Gasteiger partial charge in [0.2, 0.25) is 0 Å². The fourth-order valence-electron chi connectivity index (χ4n) is 2.75. The van der Waals surface area contributed by atoms with Crippen molar-refractivity contribution in [2.45, 2.75) is 39.5 Å². The molecule has 0 fully saturated rings. The highest BCUT2D eigenvalue weighted by Gasteiger charge is 2.21. The average molecular weight is 346 g/mol. The van der Waals surface area contributed by atoms with Crippen molar-refractivity contribution >= 4 is 21.7 Å². The molecule has 0 atom stereocenters. The molecule has 0 heterocycles. The highest BCUT2D eigenvalue weighted by atomic mass is 32.2. The van der Waals surface area contributed by atoms with E-state index >= 15 is 0 Å². The second kappa shape index (κ2) is 6.28. The first-order valence-corrected chi connectivity index (χ1v) is 8.94. The predicted octanol–water partition coefficient (Wildman–Crippen LogP) is 2.39. The highest BCUT2D eigenvalue weighted by Crippen LogP contribution is 2.27. The van der Waals surface area contributed by atoms with Crippen molar-refractivity contribution in [2.75, 3.05) is 4.72 Å². The van der Waals surface area contributed by atoms with Crippen molar-refractivity contribution in [3.8, 4) is 0 Å². The minimum Gasteiger partial charge on any atom is -0.545 e. The standard InChI is InChI=1S/C18H21NO4S/c1-10-6-12(3)17(13(4)7-10)19-24(22,23)16-9-15(18(20)21)8-11(2)14(16)5/h6-9,19H,1-5H3,(H,20,21)/p-1. The van der Waals surface area contributed by atoms with Gasteiger partial charge < -0.3 is 9.90 Å². The molecule has 0 aliphatic rings. The third-order valence-corrected chi connectivity index (χ3v) is 5.53. The van der Waals surface area contributed by atoms with Gasteiger partial charge in [0.1, 0.15) is 0 Å². The summed E-state index contributed by atoms with van der Waals surface area (Å²) >= 11 is 0. The first kappa shape index (κ1) is 18.0. The number of aryl methyl sites for hydroxylation is 4.